The molecule has 0 aliphatic carbocycles. The fourth-order valence-corrected chi connectivity index (χ4v) is 3.24. The lowest BCUT2D eigenvalue weighted by Gasteiger charge is -2.21. The smallest absolute Gasteiger partial charge is 0.295 e. The van der Waals surface area contributed by atoms with Gasteiger partial charge in [-0.3, -0.25) is 9.59 Å². The Morgan fingerprint density at radius 3 is 2.52 bits per heavy atom. The minimum Gasteiger partial charge on any atom is -0.337 e. The monoisotopic (exact) mass is 440 g/mol. The zero-order chi connectivity index (χ0) is 21.1. The van der Waals surface area contributed by atoms with Gasteiger partial charge in [-0.2, -0.15) is 0 Å². The number of nitrogens with one attached hydrogen (secondary N) is 2. The van der Waals surface area contributed by atoms with Gasteiger partial charge in [0.25, 0.3) is 12.3 Å². The van der Waals surface area contributed by atoms with Crippen LogP contribution in [0.3, 0.4) is 0 Å². The van der Waals surface area contributed by atoms with Crippen LogP contribution in [-0.4, -0.2) is 39.8 Å². The fourth-order valence-electron chi connectivity index (χ4n) is 2.75. The van der Waals surface area contributed by atoms with Crippen LogP contribution in [0.5, 0.6) is 0 Å². The van der Waals surface area contributed by atoms with Crippen LogP contribution in [0.4, 0.5) is 14.5 Å². The maximum Gasteiger partial charge on any atom is 0.295 e. The van der Waals surface area contributed by atoms with Crippen molar-refractivity contribution in [1.82, 2.24) is 14.9 Å². The van der Waals surface area contributed by atoms with Gasteiger partial charge in [0.15, 0.2) is 5.82 Å². The second-order valence-corrected chi connectivity index (χ2v) is 6.93. The summed E-state index contributed by atoms with van der Waals surface area (Å²) in [5.41, 5.74) is 1.15. The van der Waals surface area contributed by atoms with Gasteiger partial charge >= 0.3 is 0 Å². The molecule has 0 unspecified atom stereocenters. The Balaban J connectivity index is 1.76. The normalized spacial score (nSPS) is 11.1. The number of rotatable bonds is 6. The molecule has 29 heavy (non-hydrogen) atoms. The van der Waals surface area contributed by atoms with Crippen molar-refractivity contribution in [3.63, 3.8) is 0 Å². The number of amides is 2. The second-order valence-electron chi connectivity index (χ2n) is 6.12. The van der Waals surface area contributed by atoms with Gasteiger partial charge < -0.3 is 15.2 Å². The van der Waals surface area contributed by atoms with Gasteiger partial charge in [-0.25, -0.2) is 13.8 Å². The average Bonchev–Trinajstić information content (AvgIpc) is 3.12. The van der Waals surface area contributed by atoms with E-state index < -0.39 is 24.1 Å². The Kier molecular flexibility index (Phi) is 6.34. The number of hydrogen-bond acceptors (Lipinski definition) is 3. The lowest BCUT2D eigenvalue weighted by atomic mass is 10.1. The number of nitrogens with zero attached hydrogens (tertiary/aromatic N) is 2. The first-order valence-corrected chi connectivity index (χ1v) is 9.36. The van der Waals surface area contributed by atoms with Crippen LogP contribution in [-0.2, 0) is 4.79 Å². The number of carbonyl (C=O) groups is 2. The topological polar surface area (TPSA) is 78.1 Å². The van der Waals surface area contributed by atoms with E-state index in [2.05, 4.69) is 15.3 Å². The number of aromatic nitrogens is 2. The van der Waals surface area contributed by atoms with E-state index in [0.29, 0.717) is 11.0 Å². The molecule has 1 heterocycles. The number of benzene rings is 2. The SMILES string of the molecule is CCN(CC(=O)Nc1c(Cl)cccc1Cl)C(=O)c1ccc2nc(C(F)F)[nH]c2c1. The Morgan fingerprint density at radius 2 is 1.90 bits per heavy atom. The molecular weight excluding hydrogens is 425 g/mol. The predicted molar refractivity (Wildman–Crippen MR) is 108 cm³/mol. The number of para-hydroxylation sites is 1. The summed E-state index contributed by atoms with van der Waals surface area (Å²) >= 11 is 12.1. The second kappa shape index (κ2) is 8.75. The number of fused-ring (bicyclic) bond motifs is 1. The molecule has 0 saturated carbocycles. The number of likely N-dealkylation sites (N-methyl/N-ethyl adjacent to an activating group) is 1. The van der Waals surface area contributed by atoms with Crippen LogP contribution in [0.2, 0.25) is 10.0 Å². The van der Waals surface area contributed by atoms with Crippen molar-refractivity contribution in [2.45, 2.75) is 13.3 Å². The highest BCUT2D eigenvalue weighted by atomic mass is 35.5. The highest BCUT2D eigenvalue weighted by molar-refractivity contribution is 6.39. The Labute approximate surface area is 174 Å². The van der Waals surface area contributed by atoms with E-state index in [0.717, 1.165) is 0 Å². The Bertz CT molecular complexity index is 1050. The van der Waals surface area contributed by atoms with E-state index in [4.69, 9.17) is 23.2 Å². The van der Waals surface area contributed by atoms with Crippen LogP contribution < -0.4 is 5.32 Å². The van der Waals surface area contributed by atoms with Crippen LogP contribution in [0, 0.1) is 0 Å². The fraction of sp³-hybridized carbons (Fsp3) is 0.211. The molecule has 10 heteroatoms. The number of imidazole rings is 1. The van der Waals surface area contributed by atoms with Crippen LogP contribution in [0.25, 0.3) is 11.0 Å². The molecule has 0 atom stereocenters. The summed E-state index contributed by atoms with van der Waals surface area (Å²) in [7, 11) is 0. The number of aromatic amines is 1. The van der Waals surface area contributed by atoms with Crippen molar-refractivity contribution in [3.8, 4) is 0 Å². The van der Waals surface area contributed by atoms with Gasteiger partial charge in [-0.15, -0.1) is 0 Å². The van der Waals surface area contributed by atoms with Gasteiger partial charge in [0.05, 0.1) is 26.8 Å². The summed E-state index contributed by atoms with van der Waals surface area (Å²) < 4.78 is 25.6. The van der Waals surface area contributed by atoms with Gasteiger partial charge in [0.1, 0.15) is 6.54 Å². The molecule has 0 aliphatic heterocycles. The first kappa shape index (κ1) is 21.0. The third kappa shape index (κ3) is 4.65. The molecule has 0 bridgehead atoms. The third-order valence-electron chi connectivity index (χ3n) is 4.18. The highest BCUT2D eigenvalue weighted by Gasteiger charge is 2.20. The van der Waals surface area contributed by atoms with Crippen LogP contribution in [0.15, 0.2) is 36.4 Å². The molecule has 3 rings (SSSR count). The maximum absolute atomic E-state index is 12.8. The molecule has 152 valence electrons. The summed E-state index contributed by atoms with van der Waals surface area (Å²) in [6.45, 7) is 1.74. The minimum atomic E-state index is -2.74. The van der Waals surface area contributed by atoms with Crippen molar-refractivity contribution < 1.29 is 18.4 Å². The molecule has 2 N–H and O–H groups in total. The summed E-state index contributed by atoms with van der Waals surface area (Å²) in [4.78, 5) is 32.8. The van der Waals surface area contributed by atoms with Crippen molar-refractivity contribution in [3.05, 3.63) is 57.8 Å². The lowest BCUT2D eigenvalue weighted by molar-refractivity contribution is -0.116. The first-order chi connectivity index (χ1) is 13.8. The number of carbonyl (C=O) groups excluding carboxylic acids is 2. The largest absolute Gasteiger partial charge is 0.337 e. The van der Waals surface area contributed by atoms with Crippen molar-refractivity contribution >= 4 is 51.7 Å². The molecule has 0 spiro atoms. The van der Waals surface area contributed by atoms with Gasteiger partial charge in [-0.05, 0) is 37.3 Å². The predicted octanol–water partition coefficient (Wildman–Crippen LogP) is 4.91. The highest BCUT2D eigenvalue weighted by Crippen LogP contribution is 2.29. The van der Waals surface area contributed by atoms with Crippen molar-refractivity contribution in [2.24, 2.45) is 0 Å². The molecule has 6 nitrogen and oxygen atoms in total. The summed E-state index contributed by atoms with van der Waals surface area (Å²) in [6, 6.07) is 9.20. The zero-order valence-electron chi connectivity index (χ0n) is 15.2. The molecule has 2 aromatic carbocycles. The minimum absolute atomic E-state index is 0.236. The van der Waals surface area contributed by atoms with Crippen LogP contribution in [0.1, 0.15) is 29.5 Å². The Morgan fingerprint density at radius 1 is 1.21 bits per heavy atom. The number of hydrogen-bond donors (Lipinski definition) is 2. The number of H-pyrrole nitrogens is 1. The van der Waals surface area contributed by atoms with E-state index >= 15 is 0 Å². The number of halogens is 4. The molecule has 0 fully saturated rings. The van der Waals surface area contributed by atoms with E-state index in [-0.39, 0.29) is 34.4 Å². The van der Waals surface area contributed by atoms with E-state index in [9.17, 15) is 18.4 Å². The van der Waals surface area contributed by atoms with E-state index in [1.165, 1.54) is 23.1 Å². The molecular formula is C19H16Cl2F2N4O2. The Hall–Kier alpha value is -2.71. The van der Waals surface area contributed by atoms with Gasteiger partial charge in [-0.1, -0.05) is 29.3 Å². The summed E-state index contributed by atoms with van der Waals surface area (Å²) in [5.74, 6) is -1.37. The molecule has 0 radical (unpaired) electrons. The lowest BCUT2D eigenvalue weighted by Crippen LogP contribution is -2.37. The number of alkyl halides is 2. The maximum atomic E-state index is 12.8. The van der Waals surface area contributed by atoms with E-state index in [1.54, 1.807) is 25.1 Å². The molecule has 1 aromatic heterocycles. The van der Waals surface area contributed by atoms with Gasteiger partial charge in [0, 0.05) is 12.1 Å². The van der Waals surface area contributed by atoms with Gasteiger partial charge in [0.2, 0.25) is 5.91 Å². The summed E-state index contributed by atoms with van der Waals surface area (Å²) in [5, 5.41) is 3.15. The third-order valence-corrected chi connectivity index (χ3v) is 4.81. The quantitative estimate of drug-likeness (QED) is 0.571. The zero-order valence-corrected chi connectivity index (χ0v) is 16.7. The van der Waals surface area contributed by atoms with E-state index in [1.807, 2.05) is 0 Å². The summed E-state index contributed by atoms with van der Waals surface area (Å²) in [6.07, 6.45) is -2.74. The average molecular weight is 441 g/mol. The van der Waals surface area contributed by atoms with Crippen molar-refractivity contribution in [2.75, 3.05) is 18.4 Å². The first-order valence-electron chi connectivity index (χ1n) is 8.61. The molecule has 3 aromatic rings. The standard InChI is InChI=1S/C19H16Cl2F2N4O2/c1-2-27(9-15(28)26-16-11(20)4-3-5-12(16)21)19(29)10-6-7-13-14(8-10)25-18(24-13)17(22)23/h3-8,17H,2,9H2,1H3,(H,24,25)(H,26,28). The van der Waals surface area contributed by atoms with Crippen LogP contribution >= 0.6 is 23.2 Å². The molecule has 0 aliphatic rings. The van der Waals surface area contributed by atoms with Crippen molar-refractivity contribution in [1.29, 1.82) is 0 Å². The molecule has 2 amide bonds. The molecule has 0 saturated heterocycles. The number of anilines is 1.